The van der Waals surface area contributed by atoms with Crippen LogP contribution in [0.2, 0.25) is 0 Å². The lowest BCUT2D eigenvalue weighted by Crippen LogP contribution is -2.32. The summed E-state index contributed by atoms with van der Waals surface area (Å²) < 4.78 is 6.78. The van der Waals surface area contributed by atoms with Crippen LogP contribution in [-0.2, 0) is 11.3 Å². The molecule has 1 amide bonds. The minimum Gasteiger partial charge on any atom is -0.492 e. The lowest BCUT2D eigenvalue weighted by atomic mass is 9.88. The van der Waals surface area contributed by atoms with Crippen LogP contribution in [0.4, 0.5) is 5.13 Å². The summed E-state index contributed by atoms with van der Waals surface area (Å²) in [7, 11) is 0. The molecule has 6 heteroatoms. The smallest absolute Gasteiger partial charge is 0.230 e. The van der Waals surface area contributed by atoms with Gasteiger partial charge >= 0.3 is 0 Å². The third kappa shape index (κ3) is 5.29. The lowest BCUT2D eigenvalue weighted by Gasteiger charge is -2.24. The van der Waals surface area contributed by atoms with Gasteiger partial charge in [-0.2, -0.15) is 0 Å². The Balaban J connectivity index is 1.53. The third-order valence-electron chi connectivity index (χ3n) is 6.03. The second-order valence-electron chi connectivity index (χ2n) is 8.41. The number of benzene rings is 3. The zero-order chi connectivity index (χ0) is 24.7. The van der Waals surface area contributed by atoms with Gasteiger partial charge in [-0.3, -0.25) is 14.7 Å². The quantitative estimate of drug-likeness (QED) is 0.225. The molecule has 0 radical (unpaired) electrons. The summed E-state index contributed by atoms with van der Waals surface area (Å²) in [6.45, 7) is 2.86. The molecule has 0 bridgehead atoms. The summed E-state index contributed by atoms with van der Waals surface area (Å²) in [6.07, 6.45) is 2.06. The molecule has 2 heterocycles. The molecular formula is C30H27N3O2S. The third-order valence-corrected chi connectivity index (χ3v) is 7.07. The predicted molar refractivity (Wildman–Crippen MR) is 146 cm³/mol. The van der Waals surface area contributed by atoms with Crippen molar-refractivity contribution in [3.8, 4) is 5.75 Å². The number of thiazole rings is 1. The van der Waals surface area contributed by atoms with Crippen LogP contribution in [0.15, 0.2) is 103 Å². The second kappa shape index (κ2) is 11.1. The van der Waals surface area contributed by atoms with Gasteiger partial charge in [0.15, 0.2) is 5.13 Å². The summed E-state index contributed by atoms with van der Waals surface area (Å²) in [4.78, 5) is 25.1. The van der Waals surface area contributed by atoms with Crippen molar-refractivity contribution in [1.82, 2.24) is 9.97 Å². The normalized spacial score (nSPS) is 11.1. The Morgan fingerprint density at radius 3 is 2.22 bits per heavy atom. The summed E-state index contributed by atoms with van der Waals surface area (Å²) >= 11 is 1.50. The average molecular weight is 494 g/mol. The Labute approximate surface area is 215 Å². The molecule has 0 aliphatic heterocycles. The number of aromatic nitrogens is 2. The van der Waals surface area contributed by atoms with Gasteiger partial charge in [-0.25, -0.2) is 4.98 Å². The first-order valence-corrected chi connectivity index (χ1v) is 12.9. The van der Waals surface area contributed by atoms with Gasteiger partial charge in [0.25, 0.3) is 0 Å². The molecule has 180 valence electrons. The van der Waals surface area contributed by atoms with E-state index in [0.29, 0.717) is 24.7 Å². The van der Waals surface area contributed by atoms with E-state index in [-0.39, 0.29) is 11.8 Å². The van der Waals surface area contributed by atoms with E-state index in [1.54, 1.807) is 11.1 Å². The molecule has 0 saturated heterocycles. The van der Waals surface area contributed by atoms with Crippen molar-refractivity contribution in [3.63, 3.8) is 0 Å². The summed E-state index contributed by atoms with van der Waals surface area (Å²) in [5, 5.41) is 0.646. The largest absolute Gasteiger partial charge is 0.492 e. The van der Waals surface area contributed by atoms with Crippen LogP contribution in [0, 0.1) is 0 Å². The number of para-hydroxylation sites is 1. The fourth-order valence-corrected chi connectivity index (χ4v) is 5.30. The fraction of sp³-hybridized carbons (Fsp3) is 0.167. The zero-order valence-corrected chi connectivity index (χ0v) is 20.9. The number of fused-ring (bicyclic) bond motifs is 1. The highest BCUT2D eigenvalue weighted by atomic mass is 32.1. The Morgan fingerprint density at radius 1 is 0.889 bits per heavy atom. The first-order chi connectivity index (χ1) is 17.7. The molecule has 36 heavy (non-hydrogen) atoms. The number of pyridine rings is 1. The molecule has 5 aromatic rings. The minimum atomic E-state index is -0.0699. The van der Waals surface area contributed by atoms with E-state index in [0.717, 1.165) is 32.8 Å². The lowest BCUT2D eigenvalue weighted by molar-refractivity contribution is -0.119. The number of carbonyl (C=O) groups excluding carboxylic acids is 1. The first kappa shape index (κ1) is 23.7. The predicted octanol–water partition coefficient (Wildman–Crippen LogP) is 6.85. The number of anilines is 1. The molecule has 0 unspecified atom stereocenters. The maximum Gasteiger partial charge on any atom is 0.230 e. The van der Waals surface area contributed by atoms with E-state index in [2.05, 4.69) is 29.2 Å². The molecule has 5 rings (SSSR count). The Hall–Kier alpha value is -4.03. The van der Waals surface area contributed by atoms with Crippen molar-refractivity contribution < 1.29 is 9.53 Å². The van der Waals surface area contributed by atoms with Crippen molar-refractivity contribution in [2.24, 2.45) is 0 Å². The monoisotopic (exact) mass is 493 g/mol. The first-order valence-electron chi connectivity index (χ1n) is 12.1. The SMILES string of the molecule is CCOc1cccc2sc(N(Cc3ccccn3)C(=O)CC(c3ccccc3)c3ccccc3)nc12. The Kier molecular flexibility index (Phi) is 7.33. The van der Waals surface area contributed by atoms with Crippen molar-refractivity contribution in [1.29, 1.82) is 0 Å². The molecule has 3 aromatic carbocycles. The van der Waals surface area contributed by atoms with Gasteiger partial charge in [-0.05, 0) is 42.3 Å². The number of carbonyl (C=O) groups is 1. The van der Waals surface area contributed by atoms with Gasteiger partial charge in [0.1, 0.15) is 11.3 Å². The van der Waals surface area contributed by atoms with Crippen molar-refractivity contribution in [2.45, 2.75) is 25.8 Å². The molecule has 0 aliphatic carbocycles. The van der Waals surface area contributed by atoms with E-state index in [1.165, 1.54) is 11.3 Å². The summed E-state index contributed by atoms with van der Waals surface area (Å²) in [5.41, 5.74) is 3.81. The fourth-order valence-electron chi connectivity index (χ4n) is 4.30. The van der Waals surface area contributed by atoms with E-state index < -0.39 is 0 Å². The van der Waals surface area contributed by atoms with Gasteiger partial charge in [-0.1, -0.05) is 84.1 Å². The molecule has 0 spiro atoms. The van der Waals surface area contributed by atoms with Gasteiger partial charge in [0, 0.05) is 18.5 Å². The van der Waals surface area contributed by atoms with Gasteiger partial charge in [0.05, 0.1) is 23.5 Å². The Morgan fingerprint density at radius 2 is 1.58 bits per heavy atom. The summed E-state index contributed by atoms with van der Waals surface area (Å²) in [5.74, 6) is 0.657. The van der Waals surface area contributed by atoms with Crippen LogP contribution >= 0.6 is 11.3 Å². The maximum absolute atomic E-state index is 14.0. The number of rotatable bonds is 9. The van der Waals surface area contributed by atoms with Crippen molar-refractivity contribution >= 4 is 32.6 Å². The van der Waals surface area contributed by atoms with E-state index in [9.17, 15) is 4.79 Å². The van der Waals surface area contributed by atoms with Crippen LogP contribution in [0.1, 0.15) is 36.1 Å². The molecule has 0 fully saturated rings. The van der Waals surface area contributed by atoms with Crippen LogP contribution in [0.3, 0.4) is 0 Å². The van der Waals surface area contributed by atoms with Crippen LogP contribution < -0.4 is 9.64 Å². The number of hydrogen-bond donors (Lipinski definition) is 0. The van der Waals surface area contributed by atoms with E-state index in [1.807, 2.05) is 79.7 Å². The van der Waals surface area contributed by atoms with E-state index in [4.69, 9.17) is 9.72 Å². The van der Waals surface area contributed by atoms with Gasteiger partial charge in [-0.15, -0.1) is 0 Å². The van der Waals surface area contributed by atoms with Gasteiger partial charge < -0.3 is 4.74 Å². The molecule has 2 aromatic heterocycles. The van der Waals surface area contributed by atoms with Crippen LogP contribution in [0.5, 0.6) is 5.75 Å². The zero-order valence-electron chi connectivity index (χ0n) is 20.1. The molecule has 0 saturated carbocycles. The highest BCUT2D eigenvalue weighted by molar-refractivity contribution is 7.22. The van der Waals surface area contributed by atoms with Crippen LogP contribution in [-0.4, -0.2) is 22.5 Å². The number of ether oxygens (including phenoxy) is 1. The molecule has 0 aliphatic rings. The average Bonchev–Trinajstić information content (AvgIpc) is 3.37. The second-order valence-corrected chi connectivity index (χ2v) is 9.42. The summed E-state index contributed by atoms with van der Waals surface area (Å²) in [6, 6.07) is 32.0. The van der Waals surface area contributed by atoms with Gasteiger partial charge in [0.2, 0.25) is 5.91 Å². The molecular weight excluding hydrogens is 466 g/mol. The molecule has 0 atom stereocenters. The standard InChI is InChI=1S/C30H27N3O2S/c1-2-35-26-17-11-18-27-29(26)32-30(36-27)33(21-24-16-9-10-19-31-24)28(34)20-25(22-12-5-3-6-13-22)23-14-7-4-8-15-23/h3-19,25H,2,20-21H2,1H3. The van der Waals surface area contributed by atoms with Crippen molar-refractivity contribution in [2.75, 3.05) is 11.5 Å². The van der Waals surface area contributed by atoms with E-state index >= 15 is 0 Å². The highest BCUT2D eigenvalue weighted by Crippen LogP contribution is 2.36. The Bertz CT molecular complexity index is 1380. The topological polar surface area (TPSA) is 55.3 Å². The molecule has 0 N–H and O–H groups in total. The van der Waals surface area contributed by atoms with Crippen molar-refractivity contribution in [3.05, 3.63) is 120 Å². The number of amides is 1. The number of nitrogens with zero attached hydrogens (tertiary/aromatic N) is 3. The minimum absolute atomic E-state index is 0.00428. The van der Waals surface area contributed by atoms with Crippen LogP contribution in [0.25, 0.3) is 10.2 Å². The highest BCUT2D eigenvalue weighted by Gasteiger charge is 2.26. The number of hydrogen-bond acceptors (Lipinski definition) is 5. The maximum atomic E-state index is 14.0. The molecule has 5 nitrogen and oxygen atoms in total.